The fourth-order valence-corrected chi connectivity index (χ4v) is 3.23. The van der Waals surface area contributed by atoms with E-state index in [4.69, 9.17) is 0 Å². The highest BCUT2D eigenvalue weighted by Crippen LogP contribution is 2.14. The van der Waals surface area contributed by atoms with Crippen LogP contribution in [-0.4, -0.2) is 19.9 Å². The summed E-state index contributed by atoms with van der Waals surface area (Å²) in [6.45, 7) is 1.90. The molecule has 2 rings (SSSR count). The molecule has 0 spiro atoms. The van der Waals surface area contributed by atoms with E-state index in [1.165, 1.54) is 18.2 Å². The third-order valence-corrected chi connectivity index (χ3v) is 4.81. The van der Waals surface area contributed by atoms with Gasteiger partial charge in [-0.05, 0) is 61.6 Å². The first-order valence-corrected chi connectivity index (χ1v) is 8.62. The highest BCUT2D eigenvalue weighted by molar-refractivity contribution is 7.89. The van der Waals surface area contributed by atoms with E-state index in [-0.39, 0.29) is 4.90 Å². The molecule has 1 aromatic carbocycles. The SMILES string of the molecule is Cc1cc(S(=O)(=O)NCCCCc2cccnc2)ccc1F. The summed E-state index contributed by atoms with van der Waals surface area (Å²) in [5.74, 6) is -0.407. The molecule has 1 N–H and O–H groups in total. The van der Waals surface area contributed by atoms with Crippen molar-refractivity contribution in [3.63, 3.8) is 0 Å². The lowest BCUT2D eigenvalue weighted by Crippen LogP contribution is -2.25. The smallest absolute Gasteiger partial charge is 0.240 e. The number of unbranched alkanes of at least 4 members (excludes halogenated alkanes) is 1. The molecule has 0 radical (unpaired) electrons. The monoisotopic (exact) mass is 322 g/mol. The molecule has 0 saturated carbocycles. The number of aromatic nitrogens is 1. The lowest BCUT2D eigenvalue weighted by Gasteiger charge is -2.08. The lowest BCUT2D eigenvalue weighted by atomic mass is 10.1. The second kappa shape index (κ2) is 7.47. The van der Waals surface area contributed by atoms with Crippen molar-refractivity contribution in [3.05, 3.63) is 59.7 Å². The largest absolute Gasteiger partial charge is 0.264 e. The molecule has 1 heterocycles. The van der Waals surface area contributed by atoms with Crippen LogP contribution >= 0.6 is 0 Å². The van der Waals surface area contributed by atoms with E-state index in [0.29, 0.717) is 12.1 Å². The molecule has 0 unspecified atom stereocenters. The summed E-state index contributed by atoms with van der Waals surface area (Å²) in [6.07, 6.45) is 6.00. The van der Waals surface area contributed by atoms with Crippen LogP contribution in [0.2, 0.25) is 0 Å². The van der Waals surface area contributed by atoms with Crippen molar-refractivity contribution in [1.29, 1.82) is 0 Å². The summed E-state index contributed by atoms with van der Waals surface area (Å²) in [7, 11) is -3.57. The van der Waals surface area contributed by atoms with Crippen molar-refractivity contribution in [1.82, 2.24) is 9.71 Å². The van der Waals surface area contributed by atoms with Crippen molar-refractivity contribution in [2.24, 2.45) is 0 Å². The van der Waals surface area contributed by atoms with Gasteiger partial charge < -0.3 is 0 Å². The van der Waals surface area contributed by atoms with Gasteiger partial charge in [0, 0.05) is 18.9 Å². The number of aryl methyl sites for hydroxylation is 2. The number of hydrogen-bond donors (Lipinski definition) is 1. The number of benzene rings is 1. The Kier molecular flexibility index (Phi) is 5.63. The summed E-state index contributed by atoms with van der Waals surface area (Å²) in [6, 6.07) is 7.67. The molecule has 6 heteroatoms. The van der Waals surface area contributed by atoms with Crippen LogP contribution in [0, 0.1) is 12.7 Å². The van der Waals surface area contributed by atoms with Gasteiger partial charge in [-0.3, -0.25) is 4.98 Å². The average Bonchev–Trinajstić information content (AvgIpc) is 2.50. The standard InChI is InChI=1S/C16H19FN2O2S/c1-13-11-15(7-8-16(13)17)22(20,21)19-10-3-2-5-14-6-4-9-18-12-14/h4,6-9,11-12,19H,2-3,5,10H2,1H3. The van der Waals surface area contributed by atoms with E-state index in [1.54, 1.807) is 13.1 Å². The molecular formula is C16H19FN2O2S. The normalized spacial score (nSPS) is 11.5. The zero-order chi connectivity index (χ0) is 16.0. The topological polar surface area (TPSA) is 59.1 Å². The number of pyridine rings is 1. The van der Waals surface area contributed by atoms with Crippen LogP contribution in [0.4, 0.5) is 4.39 Å². The summed E-state index contributed by atoms with van der Waals surface area (Å²) in [5.41, 5.74) is 1.46. The Morgan fingerprint density at radius 2 is 2.05 bits per heavy atom. The van der Waals surface area contributed by atoms with E-state index in [1.807, 2.05) is 18.3 Å². The lowest BCUT2D eigenvalue weighted by molar-refractivity contribution is 0.575. The molecule has 0 amide bonds. The van der Waals surface area contributed by atoms with Gasteiger partial charge in [0.2, 0.25) is 10.0 Å². The predicted molar refractivity (Wildman–Crippen MR) is 83.5 cm³/mol. The van der Waals surface area contributed by atoms with Crippen molar-refractivity contribution in [2.45, 2.75) is 31.1 Å². The van der Waals surface area contributed by atoms with Gasteiger partial charge in [0.15, 0.2) is 0 Å². The molecule has 2 aromatic rings. The molecule has 0 bridgehead atoms. The maximum absolute atomic E-state index is 13.2. The van der Waals surface area contributed by atoms with Gasteiger partial charge in [-0.25, -0.2) is 17.5 Å². The predicted octanol–water partition coefficient (Wildman–Crippen LogP) is 2.83. The van der Waals surface area contributed by atoms with Gasteiger partial charge in [0.1, 0.15) is 5.82 Å². The molecule has 0 aliphatic heterocycles. The first kappa shape index (κ1) is 16.6. The van der Waals surface area contributed by atoms with E-state index >= 15 is 0 Å². The van der Waals surface area contributed by atoms with Crippen molar-refractivity contribution >= 4 is 10.0 Å². The number of rotatable bonds is 7. The minimum absolute atomic E-state index is 0.0960. The summed E-state index contributed by atoms with van der Waals surface area (Å²) >= 11 is 0. The van der Waals surface area contributed by atoms with E-state index in [0.717, 1.165) is 24.8 Å². The highest BCUT2D eigenvalue weighted by Gasteiger charge is 2.14. The second-order valence-electron chi connectivity index (χ2n) is 5.13. The van der Waals surface area contributed by atoms with Crippen LogP contribution < -0.4 is 4.72 Å². The number of nitrogens with zero attached hydrogens (tertiary/aromatic N) is 1. The maximum atomic E-state index is 13.2. The number of halogens is 1. The Bertz CT molecular complexity index is 718. The molecule has 0 aliphatic rings. The molecule has 1 aromatic heterocycles. The zero-order valence-electron chi connectivity index (χ0n) is 12.4. The molecule has 118 valence electrons. The second-order valence-corrected chi connectivity index (χ2v) is 6.89. The van der Waals surface area contributed by atoms with Gasteiger partial charge in [-0.1, -0.05) is 6.07 Å². The van der Waals surface area contributed by atoms with Gasteiger partial charge in [-0.2, -0.15) is 0 Å². The Labute approximate surface area is 130 Å². The van der Waals surface area contributed by atoms with Crippen LogP contribution in [0.5, 0.6) is 0 Å². The van der Waals surface area contributed by atoms with Crippen molar-refractivity contribution in [2.75, 3.05) is 6.54 Å². The third kappa shape index (κ3) is 4.61. The molecule has 0 saturated heterocycles. The van der Waals surface area contributed by atoms with Crippen LogP contribution in [-0.2, 0) is 16.4 Å². The fraction of sp³-hybridized carbons (Fsp3) is 0.312. The molecular weight excluding hydrogens is 303 g/mol. The average molecular weight is 322 g/mol. The summed E-state index contributed by atoms with van der Waals surface area (Å²) in [5, 5.41) is 0. The van der Waals surface area contributed by atoms with Crippen LogP contribution in [0.15, 0.2) is 47.6 Å². The maximum Gasteiger partial charge on any atom is 0.240 e. The Morgan fingerprint density at radius 1 is 1.23 bits per heavy atom. The number of hydrogen-bond acceptors (Lipinski definition) is 3. The quantitative estimate of drug-likeness (QED) is 0.798. The van der Waals surface area contributed by atoms with Gasteiger partial charge in [-0.15, -0.1) is 0 Å². The first-order valence-electron chi connectivity index (χ1n) is 7.14. The molecule has 0 aliphatic carbocycles. The van der Waals surface area contributed by atoms with Crippen LogP contribution in [0.1, 0.15) is 24.0 Å². The Balaban J connectivity index is 1.81. The minimum Gasteiger partial charge on any atom is -0.264 e. The van der Waals surface area contributed by atoms with Crippen LogP contribution in [0.25, 0.3) is 0 Å². The Morgan fingerprint density at radius 3 is 2.73 bits per heavy atom. The third-order valence-electron chi connectivity index (χ3n) is 3.35. The Hall–Kier alpha value is -1.79. The van der Waals surface area contributed by atoms with Crippen LogP contribution in [0.3, 0.4) is 0 Å². The molecule has 4 nitrogen and oxygen atoms in total. The molecule has 0 fully saturated rings. The van der Waals surface area contributed by atoms with Gasteiger partial charge in [0.25, 0.3) is 0 Å². The summed E-state index contributed by atoms with van der Waals surface area (Å²) < 4.78 is 39.9. The van der Waals surface area contributed by atoms with E-state index in [9.17, 15) is 12.8 Å². The van der Waals surface area contributed by atoms with E-state index in [2.05, 4.69) is 9.71 Å². The van der Waals surface area contributed by atoms with Gasteiger partial charge >= 0.3 is 0 Å². The number of sulfonamides is 1. The first-order chi connectivity index (χ1) is 10.5. The summed E-state index contributed by atoms with van der Waals surface area (Å²) in [4.78, 5) is 4.13. The fourth-order valence-electron chi connectivity index (χ4n) is 2.07. The number of nitrogens with one attached hydrogen (secondary N) is 1. The molecule has 22 heavy (non-hydrogen) atoms. The minimum atomic E-state index is -3.57. The highest BCUT2D eigenvalue weighted by atomic mass is 32.2. The van der Waals surface area contributed by atoms with Gasteiger partial charge in [0.05, 0.1) is 4.90 Å². The van der Waals surface area contributed by atoms with Crippen molar-refractivity contribution in [3.8, 4) is 0 Å². The van der Waals surface area contributed by atoms with Crippen molar-refractivity contribution < 1.29 is 12.8 Å². The molecule has 0 atom stereocenters. The van der Waals surface area contributed by atoms with E-state index < -0.39 is 15.8 Å². The zero-order valence-corrected chi connectivity index (χ0v) is 13.2.